The molecular formula is C13H18N2O4. The molecule has 0 radical (unpaired) electrons. The highest BCUT2D eigenvalue weighted by molar-refractivity contribution is 5.80. The van der Waals surface area contributed by atoms with Crippen LogP contribution in [0.15, 0.2) is 24.3 Å². The maximum atomic E-state index is 11.9. The quantitative estimate of drug-likeness (QED) is 0.601. The Morgan fingerprint density at radius 3 is 2.63 bits per heavy atom. The third-order valence-electron chi connectivity index (χ3n) is 3.11. The highest BCUT2D eigenvalue weighted by Crippen LogP contribution is 2.18. The molecule has 0 aliphatic heterocycles. The zero-order chi connectivity index (χ0) is 14.5. The number of nitrogens with one attached hydrogen (secondary N) is 1. The molecule has 0 aromatic heterocycles. The van der Waals surface area contributed by atoms with Gasteiger partial charge >= 0.3 is 0 Å². The summed E-state index contributed by atoms with van der Waals surface area (Å²) in [5.74, 6) is -0.340. The number of carbonyl (C=O) groups is 1. The van der Waals surface area contributed by atoms with Gasteiger partial charge in [0.05, 0.1) is 23.5 Å². The van der Waals surface area contributed by atoms with Gasteiger partial charge in [-0.2, -0.15) is 0 Å². The molecule has 0 saturated carbocycles. The summed E-state index contributed by atoms with van der Waals surface area (Å²) in [4.78, 5) is 22.2. The second-order valence-corrected chi connectivity index (χ2v) is 4.68. The van der Waals surface area contributed by atoms with E-state index in [4.69, 9.17) is 0 Å². The largest absolute Gasteiger partial charge is 0.394 e. The Morgan fingerprint density at radius 2 is 2.11 bits per heavy atom. The number of hydrogen-bond donors (Lipinski definition) is 2. The molecule has 0 heterocycles. The van der Waals surface area contributed by atoms with Crippen LogP contribution in [0, 0.1) is 10.1 Å². The normalized spacial score (nSPS) is 13.6. The van der Waals surface area contributed by atoms with Crippen LogP contribution >= 0.6 is 0 Å². The van der Waals surface area contributed by atoms with Gasteiger partial charge in [-0.05, 0) is 13.3 Å². The van der Waals surface area contributed by atoms with Crippen LogP contribution in [0.25, 0.3) is 0 Å². The minimum atomic E-state index is -0.694. The molecule has 6 heteroatoms. The molecule has 0 spiro atoms. The van der Waals surface area contributed by atoms with Gasteiger partial charge in [0, 0.05) is 11.6 Å². The fourth-order valence-electron chi connectivity index (χ4n) is 1.63. The van der Waals surface area contributed by atoms with E-state index in [1.54, 1.807) is 25.1 Å². The van der Waals surface area contributed by atoms with Gasteiger partial charge in [0.25, 0.3) is 5.69 Å². The predicted molar refractivity (Wildman–Crippen MR) is 70.7 cm³/mol. The number of benzene rings is 1. The molecule has 1 atom stereocenters. The first-order chi connectivity index (χ1) is 8.91. The Kier molecular flexibility index (Phi) is 5.00. The zero-order valence-corrected chi connectivity index (χ0v) is 11.0. The van der Waals surface area contributed by atoms with Crippen molar-refractivity contribution in [2.75, 3.05) is 6.61 Å². The van der Waals surface area contributed by atoms with Crippen molar-refractivity contribution in [2.24, 2.45) is 0 Å². The fourth-order valence-corrected chi connectivity index (χ4v) is 1.63. The van der Waals surface area contributed by atoms with E-state index in [-0.39, 0.29) is 24.6 Å². The van der Waals surface area contributed by atoms with Crippen LogP contribution in [0.5, 0.6) is 0 Å². The first-order valence-electron chi connectivity index (χ1n) is 6.06. The Labute approximate surface area is 111 Å². The molecule has 0 aliphatic rings. The molecule has 0 bridgehead atoms. The van der Waals surface area contributed by atoms with Gasteiger partial charge in [-0.15, -0.1) is 0 Å². The summed E-state index contributed by atoms with van der Waals surface area (Å²) in [6.45, 7) is 3.40. The van der Waals surface area contributed by atoms with Crippen molar-refractivity contribution in [1.29, 1.82) is 0 Å². The lowest BCUT2D eigenvalue weighted by atomic mass is 9.99. The molecule has 0 fully saturated rings. The fraction of sp³-hybridized carbons (Fsp3) is 0.462. The lowest BCUT2D eigenvalue weighted by Gasteiger charge is -2.27. The third kappa shape index (κ3) is 4.03. The van der Waals surface area contributed by atoms with Gasteiger partial charge in [0.1, 0.15) is 0 Å². The molecule has 1 unspecified atom stereocenters. The van der Waals surface area contributed by atoms with Gasteiger partial charge in [0.2, 0.25) is 5.91 Å². The van der Waals surface area contributed by atoms with Crippen LogP contribution in [0.1, 0.15) is 25.8 Å². The first kappa shape index (κ1) is 15.1. The second kappa shape index (κ2) is 6.29. The number of rotatable bonds is 6. The minimum absolute atomic E-state index is 0.0696. The summed E-state index contributed by atoms with van der Waals surface area (Å²) >= 11 is 0. The van der Waals surface area contributed by atoms with Crippen molar-refractivity contribution < 1.29 is 14.8 Å². The topological polar surface area (TPSA) is 92.5 Å². The molecule has 0 saturated heterocycles. The summed E-state index contributed by atoms with van der Waals surface area (Å²) in [5, 5.41) is 22.8. The summed E-state index contributed by atoms with van der Waals surface area (Å²) in [5.41, 5.74) is -0.401. The smallest absolute Gasteiger partial charge is 0.273 e. The number of para-hydroxylation sites is 1. The molecule has 1 aromatic rings. The lowest BCUT2D eigenvalue weighted by Crippen LogP contribution is -2.48. The van der Waals surface area contributed by atoms with E-state index >= 15 is 0 Å². The molecule has 1 aromatic carbocycles. The van der Waals surface area contributed by atoms with E-state index < -0.39 is 10.5 Å². The maximum Gasteiger partial charge on any atom is 0.273 e. The van der Waals surface area contributed by atoms with Crippen LogP contribution in [0.2, 0.25) is 0 Å². The van der Waals surface area contributed by atoms with Crippen LogP contribution in [-0.4, -0.2) is 28.1 Å². The highest BCUT2D eigenvalue weighted by Gasteiger charge is 2.24. The van der Waals surface area contributed by atoms with Crippen molar-refractivity contribution in [2.45, 2.75) is 32.2 Å². The van der Waals surface area contributed by atoms with Crippen molar-refractivity contribution in [3.05, 3.63) is 39.9 Å². The average Bonchev–Trinajstić information content (AvgIpc) is 2.38. The van der Waals surface area contributed by atoms with Crippen molar-refractivity contribution in [3.63, 3.8) is 0 Å². The van der Waals surface area contributed by atoms with Crippen LogP contribution in [0.4, 0.5) is 5.69 Å². The molecular weight excluding hydrogens is 248 g/mol. The molecule has 2 N–H and O–H groups in total. The lowest BCUT2D eigenvalue weighted by molar-refractivity contribution is -0.385. The van der Waals surface area contributed by atoms with Crippen LogP contribution in [0.3, 0.4) is 0 Å². The maximum absolute atomic E-state index is 11.9. The SMILES string of the molecule is CCC(C)(CO)NC(=O)Cc1ccccc1[N+](=O)[O-]. The summed E-state index contributed by atoms with van der Waals surface area (Å²) in [6.07, 6.45) is 0.499. The zero-order valence-electron chi connectivity index (χ0n) is 11.0. The first-order valence-corrected chi connectivity index (χ1v) is 6.06. The number of nitro groups is 1. The standard InChI is InChI=1S/C13H18N2O4/c1-3-13(2,9-16)14-12(17)8-10-6-4-5-7-11(10)15(18)19/h4-7,16H,3,8-9H2,1-2H3,(H,14,17). The number of nitro benzene ring substituents is 1. The summed E-state index contributed by atoms with van der Waals surface area (Å²) in [6, 6.07) is 6.14. The molecule has 1 rings (SSSR count). The number of aliphatic hydroxyl groups is 1. The van der Waals surface area contributed by atoms with E-state index in [1.807, 2.05) is 6.92 Å². The Bertz CT molecular complexity index is 469. The Morgan fingerprint density at radius 1 is 1.47 bits per heavy atom. The van der Waals surface area contributed by atoms with Gasteiger partial charge in [-0.3, -0.25) is 14.9 Å². The number of carbonyl (C=O) groups excluding carboxylic acids is 1. The number of aliphatic hydroxyl groups excluding tert-OH is 1. The van der Waals surface area contributed by atoms with Crippen molar-refractivity contribution >= 4 is 11.6 Å². The van der Waals surface area contributed by atoms with E-state index in [0.717, 1.165) is 0 Å². The van der Waals surface area contributed by atoms with Crippen LogP contribution < -0.4 is 5.32 Å². The molecule has 6 nitrogen and oxygen atoms in total. The number of hydrogen-bond acceptors (Lipinski definition) is 4. The molecule has 19 heavy (non-hydrogen) atoms. The highest BCUT2D eigenvalue weighted by atomic mass is 16.6. The van der Waals surface area contributed by atoms with E-state index in [1.165, 1.54) is 6.07 Å². The second-order valence-electron chi connectivity index (χ2n) is 4.68. The van der Waals surface area contributed by atoms with Crippen molar-refractivity contribution in [3.8, 4) is 0 Å². The number of amides is 1. The average molecular weight is 266 g/mol. The Hall–Kier alpha value is -1.95. The van der Waals surface area contributed by atoms with Crippen LogP contribution in [-0.2, 0) is 11.2 Å². The van der Waals surface area contributed by atoms with Gasteiger partial charge in [-0.25, -0.2) is 0 Å². The minimum Gasteiger partial charge on any atom is -0.394 e. The Balaban J connectivity index is 2.81. The molecule has 0 aliphatic carbocycles. The summed E-state index contributed by atoms with van der Waals surface area (Å²) in [7, 11) is 0. The van der Waals surface area contributed by atoms with E-state index in [9.17, 15) is 20.0 Å². The predicted octanol–water partition coefficient (Wildman–Crippen LogP) is 1.41. The van der Waals surface area contributed by atoms with Gasteiger partial charge in [0.15, 0.2) is 0 Å². The molecule has 1 amide bonds. The van der Waals surface area contributed by atoms with E-state index in [2.05, 4.69) is 5.32 Å². The third-order valence-corrected chi connectivity index (χ3v) is 3.11. The molecule has 104 valence electrons. The summed E-state index contributed by atoms with van der Waals surface area (Å²) < 4.78 is 0. The number of nitrogens with zero attached hydrogens (tertiary/aromatic N) is 1. The van der Waals surface area contributed by atoms with Gasteiger partial charge < -0.3 is 10.4 Å². The van der Waals surface area contributed by atoms with Gasteiger partial charge in [-0.1, -0.05) is 25.1 Å². The van der Waals surface area contributed by atoms with E-state index in [0.29, 0.717) is 12.0 Å². The monoisotopic (exact) mass is 266 g/mol. The van der Waals surface area contributed by atoms with Crippen molar-refractivity contribution in [1.82, 2.24) is 5.32 Å².